The number of aromatic nitrogens is 3. The third-order valence-corrected chi connectivity index (χ3v) is 4.35. The van der Waals surface area contributed by atoms with Gasteiger partial charge in [-0.15, -0.1) is 10.2 Å². The maximum Gasteiger partial charge on any atom is 0.313 e. The summed E-state index contributed by atoms with van der Waals surface area (Å²) in [6.07, 6.45) is 2.31. The zero-order valence-electron chi connectivity index (χ0n) is 12.1. The van der Waals surface area contributed by atoms with Crippen molar-refractivity contribution in [3.05, 3.63) is 0 Å². The van der Waals surface area contributed by atoms with Crippen LogP contribution in [0.2, 0.25) is 0 Å². The molecule has 20 heavy (non-hydrogen) atoms. The highest BCUT2D eigenvalue weighted by Gasteiger charge is 2.29. The lowest BCUT2D eigenvalue weighted by atomic mass is 10.2. The first-order valence-electron chi connectivity index (χ1n) is 6.64. The Balaban J connectivity index is 2.10. The Hall–Kier alpha value is -1.28. The molecule has 1 aromatic heterocycles. The van der Waals surface area contributed by atoms with Crippen molar-refractivity contribution in [2.24, 2.45) is 7.05 Å². The van der Waals surface area contributed by atoms with Crippen LogP contribution in [0.4, 0.5) is 5.95 Å². The Kier molecular flexibility index (Phi) is 4.87. The van der Waals surface area contributed by atoms with Gasteiger partial charge in [-0.05, 0) is 26.9 Å². The second-order valence-electron chi connectivity index (χ2n) is 5.28. The number of hydrogen-bond donors (Lipinski definition) is 1. The van der Waals surface area contributed by atoms with Crippen molar-refractivity contribution in [3.8, 4) is 0 Å². The van der Waals surface area contributed by atoms with Gasteiger partial charge in [-0.3, -0.25) is 9.36 Å². The van der Waals surface area contributed by atoms with E-state index in [-0.39, 0.29) is 5.75 Å². The smallest absolute Gasteiger partial charge is 0.313 e. The van der Waals surface area contributed by atoms with Crippen molar-refractivity contribution in [2.45, 2.75) is 24.0 Å². The maximum absolute atomic E-state index is 10.6. The van der Waals surface area contributed by atoms with E-state index in [0.29, 0.717) is 11.2 Å². The minimum absolute atomic E-state index is 0.00704. The number of thioether (sulfide) groups is 1. The van der Waals surface area contributed by atoms with Crippen molar-refractivity contribution < 1.29 is 9.90 Å². The number of carboxylic acid groups (broad SMARTS) is 1. The summed E-state index contributed by atoms with van der Waals surface area (Å²) in [6.45, 7) is 1.97. The Labute approximate surface area is 123 Å². The van der Waals surface area contributed by atoms with Crippen LogP contribution in [0.1, 0.15) is 12.8 Å². The van der Waals surface area contributed by atoms with E-state index in [0.717, 1.165) is 31.9 Å². The molecule has 1 unspecified atom stereocenters. The summed E-state index contributed by atoms with van der Waals surface area (Å²) in [6, 6.07) is 0.449. The number of rotatable bonds is 6. The first-order chi connectivity index (χ1) is 9.49. The molecule has 1 aliphatic rings. The van der Waals surface area contributed by atoms with Crippen molar-refractivity contribution in [1.82, 2.24) is 19.7 Å². The lowest BCUT2D eigenvalue weighted by Crippen LogP contribution is -2.38. The molecule has 0 aliphatic carbocycles. The molecule has 0 spiro atoms. The van der Waals surface area contributed by atoms with Gasteiger partial charge in [0.1, 0.15) is 0 Å². The average Bonchev–Trinajstić information content (AvgIpc) is 2.93. The minimum atomic E-state index is -0.841. The molecule has 0 bridgehead atoms. The molecule has 7 nitrogen and oxygen atoms in total. The van der Waals surface area contributed by atoms with E-state index < -0.39 is 5.97 Å². The summed E-state index contributed by atoms with van der Waals surface area (Å²) in [5.74, 6) is 0.000974. The number of likely N-dealkylation sites (N-methyl/N-ethyl adjacent to an activating group) is 1. The fraction of sp³-hybridized carbons (Fsp3) is 0.750. The van der Waals surface area contributed by atoms with E-state index in [2.05, 4.69) is 34.1 Å². The van der Waals surface area contributed by atoms with Gasteiger partial charge < -0.3 is 14.9 Å². The van der Waals surface area contributed by atoms with Crippen LogP contribution in [0.3, 0.4) is 0 Å². The molecule has 1 aromatic rings. The van der Waals surface area contributed by atoms with Crippen LogP contribution >= 0.6 is 11.8 Å². The highest BCUT2D eigenvalue weighted by molar-refractivity contribution is 7.99. The van der Waals surface area contributed by atoms with Gasteiger partial charge in [0.25, 0.3) is 0 Å². The fourth-order valence-electron chi connectivity index (χ4n) is 2.52. The first kappa shape index (κ1) is 15.1. The first-order valence-corrected chi connectivity index (χ1v) is 7.63. The molecule has 112 valence electrons. The van der Waals surface area contributed by atoms with Crippen LogP contribution in [0.5, 0.6) is 0 Å². The second-order valence-corrected chi connectivity index (χ2v) is 6.22. The molecule has 1 N–H and O–H groups in total. The third kappa shape index (κ3) is 3.43. The predicted octanol–water partition coefficient (Wildman–Crippen LogP) is 0.522. The Bertz CT molecular complexity index is 476. The highest BCUT2D eigenvalue weighted by atomic mass is 32.2. The number of carbonyl (C=O) groups is 1. The van der Waals surface area contributed by atoms with Crippen molar-refractivity contribution in [3.63, 3.8) is 0 Å². The zero-order valence-corrected chi connectivity index (χ0v) is 12.9. The monoisotopic (exact) mass is 299 g/mol. The summed E-state index contributed by atoms with van der Waals surface area (Å²) in [5.41, 5.74) is 0. The van der Waals surface area contributed by atoms with Crippen molar-refractivity contribution >= 4 is 23.7 Å². The Morgan fingerprint density at radius 1 is 1.50 bits per heavy atom. The van der Waals surface area contributed by atoms with E-state index in [1.807, 2.05) is 11.6 Å². The molecule has 1 saturated heterocycles. The molecule has 1 atom stereocenters. The summed E-state index contributed by atoms with van der Waals surface area (Å²) < 4.78 is 1.89. The van der Waals surface area contributed by atoms with Gasteiger partial charge in [0, 0.05) is 26.2 Å². The van der Waals surface area contributed by atoms with Crippen LogP contribution in [0, 0.1) is 0 Å². The summed E-state index contributed by atoms with van der Waals surface area (Å²) in [7, 11) is 6.03. The topological polar surface area (TPSA) is 74.5 Å². The van der Waals surface area contributed by atoms with E-state index in [1.54, 1.807) is 0 Å². The summed E-state index contributed by atoms with van der Waals surface area (Å²) >= 11 is 1.20. The van der Waals surface area contributed by atoms with E-state index >= 15 is 0 Å². The molecule has 0 aromatic carbocycles. The second kappa shape index (κ2) is 6.45. The van der Waals surface area contributed by atoms with Crippen LogP contribution in [-0.2, 0) is 11.8 Å². The number of anilines is 1. The number of aliphatic carboxylic acids is 1. The molecule has 0 saturated carbocycles. The fourth-order valence-corrected chi connectivity index (χ4v) is 3.15. The molecule has 0 radical (unpaired) electrons. The van der Waals surface area contributed by atoms with Crippen molar-refractivity contribution in [1.29, 1.82) is 0 Å². The van der Waals surface area contributed by atoms with Gasteiger partial charge in [0.2, 0.25) is 5.95 Å². The molecule has 2 heterocycles. The van der Waals surface area contributed by atoms with E-state index in [1.165, 1.54) is 11.8 Å². The van der Waals surface area contributed by atoms with Crippen molar-refractivity contribution in [2.75, 3.05) is 37.8 Å². The molecule has 0 amide bonds. The SMILES string of the molecule is CN(C)CC1CCCN1c1nnc(SCC(=O)O)n1C. The van der Waals surface area contributed by atoms with Gasteiger partial charge in [0.05, 0.1) is 5.75 Å². The Morgan fingerprint density at radius 3 is 2.90 bits per heavy atom. The van der Waals surface area contributed by atoms with Gasteiger partial charge in [-0.25, -0.2) is 0 Å². The summed E-state index contributed by atoms with van der Waals surface area (Å²) in [5, 5.41) is 17.7. The minimum Gasteiger partial charge on any atom is -0.481 e. The average molecular weight is 299 g/mol. The molecule has 1 fully saturated rings. The molecule has 8 heteroatoms. The molecule has 2 rings (SSSR count). The number of nitrogens with zero attached hydrogens (tertiary/aromatic N) is 5. The van der Waals surface area contributed by atoms with Gasteiger partial charge >= 0.3 is 5.97 Å². The van der Waals surface area contributed by atoms with Crippen LogP contribution in [0.15, 0.2) is 5.16 Å². The van der Waals surface area contributed by atoms with Gasteiger partial charge in [-0.2, -0.15) is 0 Å². The standard InChI is InChI=1S/C12H21N5O2S/c1-15(2)7-9-5-4-6-17(9)11-13-14-12(16(11)3)20-8-10(18)19/h9H,4-8H2,1-3H3,(H,18,19). The van der Waals surface area contributed by atoms with Gasteiger partial charge in [-0.1, -0.05) is 11.8 Å². The van der Waals surface area contributed by atoms with Crippen LogP contribution < -0.4 is 4.90 Å². The number of hydrogen-bond acceptors (Lipinski definition) is 6. The third-order valence-electron chi connectivity index (χ3n) is 3.35. The quantitative estimate of drug-likeness (QED) is 0.768. The maximum atomic E-state index is 10.6. The normalized spacial score (nSPS) is 19.0. The largest absolute Gasteiger partial charge is 0.481 e. The Morgan fingerprint density at radius 2 is 2.25 bits per heavy atom. The van der Waals surface area contributed by atoms with Crippen LogP contribution in [-0.4, -0.2) is 69.7 Å². The van der Waals surface area contributed by atoms with Crippen LogP contribution in [0.25, 0.3) is 0 Å². The predicted molar refractivity (Wildman–Crippen MR) is 78.3 cm³/mol. The lowest BCUT2D eigenvalue weighted by Gasteiger charge is -2.27. The van der Waals surface area contributed by atoms with E-state index in [4.69, 9.17) is 5.11 Å². The summed E-state index contributed by atoms with van der Waals surface area (Å²) in [4.78, 5) is 15.1. The zero-order chi connectivity index (χ0) is 14.7. The number of carboxylic acids is 1. The molecule has 1 aliphatic heterocycles. The van der Waals surface area contributed by atoms with Gasteiger partial charge in [0.15, 0.2) is 5.16 Å². The highest BCUT2D eigenvalue weighted by Crippen LogP contribution is 2.26. The molecular formula is C12H21N5O2S. The molecular weight excluding hydrogens is 278 g/mol. The lowest BCUT2D eigenvalue weighted by molar-refractivity contribution is -0.133. The van der Waals surface area contributed by atoms with E-state index in [9.17, 15) is 4.79 Å².